The Morgan fingerprint density at radius 3 is 2.57 bits per heavy atom. The van der Waals surface area contributed by atoms with Crippen LogP contribution in [0, 0.1) is 0 Å². The van der Waals surface area contributed by atoms with E-state index < -0.39 is 0 Å². The number of carbonyl (C=O) groups excluding carboxylic acids is 1. The van der Waals surface area contributed by atoms with Gasteiger partial charge in [-0.15, -0.1) is 12.6 Å². The van der Waals surface area contributed by atoms with Crippen LogP contribution in [0.25, 0.3) is 0 Å². The first kappa shape index (κ1) is 7.54. The summed E-state index contributed by atoms with van der Waals surface area (Å²) in [6.07, 6.45) is 1.27. The number of thiol groups is 1. The monoisotopic (exact) mass is 152 g/mol. The summed E-state index contributed by atoms with van der Waals surface area (Å²) in [6, 6.07) is 0. The van der Waals surface area contributed by atoms with Gasteiger partial charge in [0.2, 0.25) is 0 Å². The second-order valence-corrected chi connectivity index (χ2v) is 2.98. The predicted molar refractivity (Wildman–Crippen MR) is 37.8 cm³/mol. The SMILES string of the molecule is O=C(S)CCP=S. The third-order valence-electron chi connectivity index (χ3n) is 0.417. The molecule has 0 aromatic carbocycles. The third kappa shape index (κ3) is 6.54. The van der Waals surface area contributed by atoms with Gasteiger partial charge in [-0.1, -0.05) is 11.8 Å². The molecule has 0 N–H and O–H groups in total. The second-order valence-electron chi connectivity index (χ2n) is 0.996. The van der Waals surface area contributed by atoms with Crippen molar-refractivity contribution in [1.29, 1.82) is 0 Å². The summed E-state index contributed by atoms with van der Waals surface area (Å²) in [7, 11) is 0.854. The summed E-state index contributed by atoms with van der Waals surface area (Å²) in [4.78, 5) is 10.0. The van der Waals surface area contributed by atoms with Crippen molar-refractivity contribution < 1.29 is 4.79 Å². The molecule has 0 amide bonds. The molecule has 1 nitrogen and oxygen atoms in total. The predicted octanol–water partition coefficient (Wildman–Crippen LogP) is 1.24. The molecule has 0 aliphatic rings. The fourth-order valence-corrected chi connectivity index (χ4v) is 0.998. The quantitative estimate of drug-likeness (QED) is 0.484. The van der Waals surface area contributed by atoms with Crippen molar-refractivity contribution in [3.8, 4) is 0 Å². The van der Waals surface area contributed by atoms with Gasteiger partial charge in [0.25, 0.3) is 0 Å². The van der Waals surface area contributed by atoms with Gasteiger partial charge in [-0.05, 0) is 7.36 Å². The molecule has 0 rings (SSSR count). The van der Waals surface area contributed by atoms with Crippen LogP contribution in [-0.4, -0.2) is 11.3 Å². The highest BCUT2D eigenvalue weighted by molar-refractivity contribution is 7.97. The first-order valence-electron chi connectivity index (χ1n) is 1.78. The van der Waals surface area contributed by atoms with Crippen LogP contribution in [0.2, 0.25) is 0 Å². The van der Waals surface area contributed by atoms with Crippen LogP contribution in [0.5, 0.6) is 0 Å². The molecule has 0 spiro atoms. The Labute approximate surface area is 54.7 Å². The Kier molecular flexibility index (Phi) is 5.05. The van der Waals surface area contributed by atoms with Crippen LogP contribution in [0.1, 0.15) is 6.42 Å². The Bertz CT molecular complexity index is 83.0. The van der Waals surface area contributed by atoms with Crippen molar-refractivity contribution in [3.05, 3.63) is 0 Å². The zero-order valence-electron chi connectivity index (χ0n) is 3.63. The summed E-state index contributed by atoms with van der Waals surface area (Å²) in [5.74, 6) is 0. The van der Waals surface area contributed by atoms with Crippen molar-refractivity contribution in [3.63, 3.8) is 0 Å². The minimum absolute atomic E-state index is 0.0719. The van der Waals surface area contributed by atoms with Crippen LogP contribution in [0.15, 0.2) is 0 Å². The molecule has 0 fully saturated rings. The molecule has 4 heteroatoms. The maximum Gasteiger partial charge on any atom is 0.186 e. The number of rotatable bonds is 3. The number of hydrogen-bond acceptors (Lipinski definition) is 2. The molecule has 0 saturated carbocycles. The molecule has 0 heterocycles. The minimum atomic E-state index is -0.0719. The summed E-state index contributed by atoms with van der Waals surface area (Å²) in [5.41, 5.74) is 0. The zero-order valence-corrected chi connectivity index (χ0v) is 6.23. The fraction of sp³-hybridized carbons (Fsp3) is 0.667. The topological polar surface area (TPSA) is 17.1 Å². The van der Waals surface area contributed by atoms with E-state index in [1.54, 1.807) is 0 Å². The smallest absolute Gasteiger partial charge is 0.186 e. The molecule has 0 aliphatic heterocycles. The van der Waals surface area contributed by atoms with E-state index in [0.29, 0.717) is 6.42 Å². The first-order chi connectivity index (χ1) is 3.27. The van der Waals surface area contributed by atoms with E-state index in [9.17, 15) is 4.79 Å². The maximum absolute atomic E-state index is 10.0. The minimum Gasteiger partial charge on any atom is -0.287 e. The second kappa shape index (κ2) is 4.69. The van der Waals surface area contributed by atoms with E-state index >= 15 is 0 Å². The Balaban J connectivity index is 2.97. The van der Waals surface area contributed by atoms with Crippen molar-refractivity contribution >= 4 is 36.9 Å². The first-order valence-corrected chi connectivity index (χ1v) is 4.32. The van der Waals surface area contributed by atoms with Crippen LogP contribution in [0.3, 0.4) is 0 Å². The van der Waals surface area contributed by atoms with Crippen molar-refractivity contribution in [2.75, 3.05) is 6.16 Å². The standard InChI is InChI=1S/C3H5OPS2/c4-3(6)1-2-5-7/h1-2H2,(H,4,6). The van der Waals surface area contributed by atoms with E-state index in [1.807, 2.05) is 0 Å². The number of carbonyl (C=O) groups is 1. The molecule has 0 atom stereocenters. The number of hydrogen-bond donors (Lipinski definition) is 1. The van der Waals surface area contributed by atoms with Crippen molar-refractivity contribution in [1.82, 2.24) is 0 Å². The summed E-state index contributed by atoms with van der Waals surface area (Å²) in [5, 5.41) is -0.0719. The third-order valence-corrected chi connectivity index (χ3v) is 1.59. The lowest BCUT2D eigenvalue weighted by atomic mass is 10.5. The van der Waals surface area contributed by atoms with Gasteiger partial charge in [-0.2, -0.15) is 0 Å². The molecule has 40 valence electrons. The van der Waals surface area contributed by atoms with Gasteiger partial charge in [-0.3, -0.25) is 4.79 Å². The molecule has 7 heavy (non-hydrogen) atoms. The maximum atomic E-state index is 10.0. The Hall–Kier alpha value is 0.540. The van der Waals surface area contributed by atoms with Crippen LogP contribution >= 0.6 is 20.0 Å². The summed E-state index contributed by atoms with van der Waals surface area (Å²) in [6.45, 7) is 0. The van der Waals surface area contributed by atoms with Crippen LogP contribution in [0.4, 0.5) is 0 Å². The van der Waals surface area contributed by atoms with Gasteiger partial charge >= 0.3 is 0 Å². The Morgan fingerprint density at radius 1 is 1.86 bits per heavy atom. The average molecular weight is 152 g/mol. The largest absolute Gasteiger partial charge is 0.287 e. The molecule has 0 aromatic heterocycles. The van der Waals surface area contributed by atoms with Gasteiger partial charge in [0.05, 0.1) is 0 Å². The van der Waals surface area contributed by atoms with E-state index in [4.69, 9.17) is 0 Å². The normalized spacial score (nSPS) is 9.29. The molecule has 0 radical (unpaired) electrons. The highest BCUT2D eigenvalue weighted by Gasteiger charge is 1.88. The molecule has 0 aromatic rings. The lowest BCUT2D eigenvalue weighted by Crippen LogP contribution is -1.84. The van der Waals surface area contributed by atoms with E-state index in [1.165, 1.54) is 0 Å². The molecule has 0 saturated heterocycles. The summed E-state index contributed by atoms with van der Waals surface area (Å²) < 4.78 is 0. The highest BCUT2D eigenvalue weighted by Crippen LogP contribution is 1.97. The van der Waals surface area contributed by atoms with Gasteiger partial charge in [-0.25, -0.2) is 0 Å². The molecular weight excluding hydrogens is 147 g/mol. The highest BCUT2D eigenvalue weighted by atomic mass is 32.4. The zero-order chi connectivity index (χ0) is 5.70. The van der Waals surface area contributed by atoms with Crippen LogP contribution < -0.4 is 0 Å². The van der Waals surface area contributed by atoms with E-state index in [2.05, 4.69) is 24.4 Å². The van der Waals surface area contributed by atoms with Gasteiger partial charge in [0.1, 0.15) is 0 Å². The molecule has 0 unspecified atom stereocenters. The molecule has 0 aliphatic carbocycles. The van der Waals surface area contributed by atoms with Gasteiger partial charge in [0, 0.05) is 12.6 Å². The van der Waals surface area contributed by atoms with Crippen LogP contribution in [-0.2, 0) is 16.6 Å². The Morgan fingerprint density at radius 2 is 2.43 bits per heavy atom. The lowest BCUT2D eigenvalue weighted by Gasteiger charge is -1.80. The van der Waals surface area contributed by atoms with Crippen molar-refractivity contribution in [2.45, 2.75) is 6.42 Å². The van der Waals surface area contributed by atoms with E-state index in [0.717, 1.165) is 13.5 Å². The van der Waals surface area contributed by atoms with Crippen molar-refractivity contribution in [2.24, 2.45) is 0 Å². The molecular formula is C3H5OPS2. The fourth-order valence-electron chi connectivity index (χ4n) is 0.141. The van der Waals surface area contributed by atoms with E-state index in [-0.39, 0.29) is 5.12 Å². The summed E-state index contributed by atoms with van der Waals surface area (Å²) >= 11 is 8.10. The lowest BCUT2D eigenvalue weighted by molar-refractivity contribution is -0.110. The van der Waals surface area contributed by atoms with Gasteiger partial charge in [0.15, 0.2) is 5.12 Å². The molecule has 0 bridgehead atoms. The average Bonchev–Trinajstić information content (AvgIpc) is 1.61. The van der Waals surface area contributed by atoms with Gasteiger partial charge < -0.3 is 0 Å².